The highest BCUT2D eigenvalue weighted by molar-refractivity contribution is 5.77. The summed E-state index contributed by atoms with van der Waals surface area (Å²) in [5.41, 5.74) is 1.96. The van der Waals surface area contributed by atoms with E-state index in [9.17, 15) is 9.90 Å². The summed E-state index contributed by atoms with van der Waals surface area (Å²) >= 11 is 0. The zero-order valence-electron chi connectivity index (χ0n) is 12.2. The minimum atomic E-state index is -0.790. The van der Waals surface area contributed by atoms with E-state index in [0.29, 0.717) is 12.6 Å². The van der Waals surface area contributed by atoms with Crippen LogP contribution >= 0.6 is 0 Å². The molecule has 1 fully saturated rings. The van der Waals surface area contributed by atoms with Crippen LogP contribution in [0.1, 0.15) is 32.0 Å². The first-order chi connectivity index (χ1) is 10.2. The Morgan fingerprint density at radius 1 is 1.48 bits per heavy atom. The zero-order chi connectivity index (χ0) is 14.8. The van der Waals surface area contributed by atoms with Gasteiger partial charge in [0.25, 0.3) is 0 Å². The van der Waals surface area contributed by atoms with Gasteiger partial charge in [0.15, 0.2) is 0 Å². The van der Waals surface area contributed by atoms with Gasteiger partial charge in [0.1, 0.15) is 11.9 Å². The standard InChI is InChI=1S/C16H21N3O2/c1-2-5-15-18-12-6-3-4-7-14(12)19(15)10-13(16(20)21)17-11-8-9-11/h3-4,6-7,11,13,17H,2,5,8-10H2,1H3,(H,20,21). The first-order valence-corrected chi connectivity index (χ1v) is 7.62. The average molecular weight is 287 g/mol. The molecule has 1 saturated carbocycles. The number of aliphatic carboxylic acids is 1. The number of nitrogens with zero attached hydrogens (tertiary/aromatic N) is 2. The molecule has 1 unspecified atom stereocenters. The van der Waals surface area contributed by atoms with E-state index < -0.39 is 12.0 Å². The number of imidazole rings is 1. The Kier molecular flexibility index (Phi) is 3.92. The first kappa shape index (κ1) is 14.1. The van der Waals surface area contributed by atoms with Gasteiger partial charge >= 0.3 is 5.97 Å². The molecule has 0 aliphatic heterocycles. The van der Waals surface area contributed by atoms with E-state index >= 15 is 0 Å². The lowest BCUT2D eigenvalue weighted by atomic mass is 10.2. The Hall–Kier alpha value is -1.88. The molecule has 0 spiro atoms. The molecule has 1 aromatic heterocycles. The molecule has 1 aliphatic rings. The Morgan fingerprint density at radius 3 is 2.90 bits per heavy atom. The van der Waals surface area contributed by atoms with Gasteiger partial charge in [0.05, 0.1) is 17.6 Å². The second-order valence-corrected chi connectivity index (χ2v) is 5.71. The van der Waals surface area contributed by atoms with E-state index in [1.807, 2.05) is 24.3 Å². The van der Waals surface area contributed by atoms with Gasteiger partial charge in [-0.25, -0.2) is 4.98 Å². The molecule has 0 saturated heterocycles. The summed E-state index contributed by atoms with van der Waals surface area (Å²) in [6.07, 6.45) is 4.02. The lowest BCUT2D eigenvalue weighted by Crippen LogP contribution is -2.41. The quantitative estimate of drug-likeness (QED) is 0.819. The van der Waals surface area contributed by atoms with Gasteiger partial charge < -0.3 is 15.0 Å². The van der Waals surface area contributed by atoms with Crippen LogP contribution in [0.5, 0.6) is 0 Å². The molecule has 0 amide bonds. The van der Waals surface area contributed by atoms with Crippen LogP contribution in [0.25, 0.3) is 11.0 Å². The predicted molar refractivity (Wildman–Crippen MR) is 81.3 cm³/mol. The summed E-state index contributed by atoms with van der Waals surface area (Å²) in [5.74, 6) is 0.185. The van der Waals surface area contributed by atoms with Crippen LogP contribution in [0.4, 0.5) is 0 Å². The van der Waals surface area contributed by atoms with E-state index in [0.717, 1.165) is 42.5 Å². The van der Waals surface area contributed by atoms with Gasteiger partial charge in [-0.05, 0) is 31.4 Å². The minimum Gasteiger partial charge on any atom is -0.480 e. The third-order valence-corrected chi connectivity index (χ3v) is 3.88. The largest absolute Gasteiger partial charge is 0.480 e. The van der Waals surface area contributed by atoms with Gasteiger partial charge in [0, 0.05) is 12.5 Å². The van der Waals surface area contributed by atoms with E-state index in [1.165, 1.54) is 0 Å². The van der Waals surface area contributed by atoms with Crippen LogP contribution < -0.4 is 5.32 Å². The second kappa shape index (κ2) is 5.85. The van der Waals surface area contributed by atoms with Crippen LogP contribution in [0, 0.1) is 0 Å². The summed E-state index contributed by atoms with van der Waals surface area (Å²) in [7, 11) is 0. The number of fused-ring (bicyclic) bond motifs is 1. The molecule has 112 valence electrons. The maximum atomic E-state index is 11.5. The van der Waals surface area contributed by atoms with Crippen LogP contribution in [0.3, 0.4) is 0 Å². The van der Waals surface area contributed by atoms with Gasteiger partial charge in [0.2, 0.25) is 0 Å². The average Bonchev–Trinajstić information content (AvgIpc) is 3.21. The Bertz CT molecular complexity index is 646. The van der Waals surface area contributed by atoms with Crippen LogP contribution in [-0.4, -0.2) is 32.7 Å². The van der Waals surface area contributed by atoms with Gasteiger partial charge in [-0.2, -0.15) is 0 Å². The Morgan fingerprint density at radius 2 is 2.24 bits per heavy atom. The molecule has 3 rings (SSSR count). The minimum absolute atomic E-state index is 0.371. The summed E-state index contributed by atoms with van der Waals surface area (Å²) < 4.78 is 2.06. The summed E-state index contributed by atoms with van der Waals surface area (Å²) in [5, 5.41) is 12.7. The number of carbonyl (C=O) groups is 1. The fourth-order valence-electron chi connectivity index (χ4n) is 2.66. The van der Waals surface area contributed by atoms with Crippen molar-refractivity contribution in [3.8, 4) is 0 Å². The molecule has 5 nitrogen and oxygen atoms in total. The third-order valence-electron chi connectivity index (χ3n) is 3.88. The van der Waals surface area contributed by atoms with Crippen molar-refractivity contribution in [3.05, 3.63) is 30.1 Å². The number of carboxylic acid groups (broad SMARTS) is 1. The summed E-state index contributed by atoms with van der Waals surface area (Å²) in [6, 6.07) is 7.75. The molecule has 0 radical (unpaired) electrons. The van der Waals surface area contributed by atoms with Crippen molar-refractivity contribution in [1.29, 1.82) is 0 Å². The molecular formula is C16H21N3O2. The van der Waals surface area contributed by atoms with Crippen LogP contribution in [0.2, 0.25) is 0 Å². The van der Waals surface area contributed by atoms with Gasteiger partial charge in [-0.3, -0.25) is 4.79 Å². The van der Waals surface area contributed by atoms with Crippen LogP contribution in [-0.2, 0) is 17.8 Å². The number of rotatable bonds is 7. The number of hydrogen-bond acceptors (Lipinski definition) is 3. The van der Waals surface area contributed by atoms with E-state index in [1.54, 1.807) is 0 Å². The van der Waals surface area contributed by atoms with Crippen molar-refractivity contribution in [3.63, 3.8) is 0 Å². The molecule has 1 heterocycles. The van der Waals surface area contributed by atoms with Gasteiger partial charge in [-0.1, -0.05) is 19.1 Å². The first-order valence-electron chi connectivity index (χ1n) is 7.62. The SMILES string of the molecule is CCCc1nc2ccccc2n1CC(NC1CC1)C(=O)O. The monoisotopic (exact) mass is 287 g/mol. The maximum absolute atomic E-state index is 11.5. The molecule has 5 heteroatoms. The van der Waals surface area contributed by atoms with Crippen molar-refractivity contribution < 1.29 is 9.90 Å². The number of nitrogens with one attached hydrogen (secondary N) is 1. The zero-order valence-corrected chi connectivity index (χ0v) is 12.2. The van der Waals surface area contributed by atoms with E-state index in [2.05, 4.69) is 21.8 Å². The topological polar surface area (TPSA) is 67.2 Å². The lowest BCUT2D eigenvalue weighted by molar-refractivity contribution is -0.139. The highest BCUT2D eigenvalue weighted by Crippen LogP contribution is 2.21. The summed E-state index contributed by atoms with van der Waals surface area (Å²) in [4.78, 5) is 16.1. The predicted octanol–water partition coefficient (Wildman–Crippen LogP) is 2.19. The Balaban J connectivity index is 1.92. The normalized spacial score (nSPS) is 16.2. The smallest absolute Gasteiger partial charge is 0.322 e. The van der Waals surface area contributed by atoms with Gasteiger partial charge in [-0.15, -0.1) is 0 Å². The molecule has 21 heavy (non-hydrogen) atoms. The fraction of sp³-hybridized carbons (Fsp3) is 0.500. The fourth-order valence-corrected chi connectivity index (χ4v) is 2.66. The van der Waals surface area contributed by atoms with Crippen molar-refractivity contribution in [1.82, 2.24) is 14.9 Å². The third kappa shape index (κ3) is 3.08. The molecule has 1 aliphatic carbocycles. The van der Waals surface area contributed by atoms with Crippen molar-refractivity contribution in [2.45, 2.75) is 51.2 Å². The Labute approximate surface area is 124 Å². The number of aromatic nitrogens is 2. The number of para-hydroxylation sites is 2. The maximum Gasteiger partial charge on any atom is 0.322 e. The summed E-state index contributed by atoms with van der Waals surface area (Å²) in [6.45, 7) is 2.54. The number of hydrogen-bond donors (Lipinski definition) is 2. The highest BCUT2D eigenvalue weighted by Gasteiger charge is 2.29. The molecule has 2 aromatic rings. The molecule has 1 aromatic carbocycles. The van der Waals surface area contributed by atoms with Crippen LogP contribution in [0.15, 0.2) is 24.3 Å². The molecular weight excluding hydrogens is 266 g/mol. The van der Waals surface area contributed by atoms with Crippen molar-refractivity contribution >= 4 is 17.0 Å². The molecule has 2 N–H and O–H groups in total. The number of carboxylic acids is 1. The van der Waals surface area contributed by atoms with E-state index in [4.69, 9.17) is 0 Å². The molecule has 0 bridgehead atoms. The van der Waals surface area contributed by atoms with Crippen molar-refractivity contribution in [2.75, 3.05) is 0 Å². The van der Waals surface area contributed by atoms with Crippen molar-refractivity contribution in [2.24, 2.45) is 0 Å². The second-order valence-electron chi connectivity index (χ2n) is 5.71. The van der Waals surface area contributed by atoms with E-state index in [-0.39, 0.29) is 0 Å². The number of benzene rings is 1. The highest BCUT2D eigenvalue weighted by atomic mass is 16.4. The number of aryl methyl sites for hydroxylation is 1. The lowest BCUT2D eigenvalue weighted by Gasteiger charge is -2.17. The molecule has 1 atom stereocenters.